The van der Waals surface area contributed by atoms with Gasteiger partial charge in [-0.3, -0.25) is 0 Å². The predicted octanol–water partition coefficient (Wildman–Crippen LogP) is 1.52. The molecule has 0 N–H and O–H groups in total. The third-order valence-electron chi connectivity index (χ3n) is 3.98. The Morgan fingerprint density at radius 2 is 2.32 bits per heavy atom. The van der Waals surface area contributed by atoms with Gasteiger partial charge in [-0.2, -0.15) is 14.6 Å². The maximum absolute atomic E-state index is 5.60. The van der Waals surface area contributed by atoms with Crippen LogP contribution in [-0.4, -0.2) is 53.0 Å². The molecule has 0 spiro atoms. The number of nitrogens with zero attached hydrogens (tertiary/aromatic N) is 5. The van der Waals surface area contributed by atoms with Gasteiger partial charge < -0.3 is 14.4 Å². The van der Waals surface area contributed by atoms with Crippen LogP contribution in [-0.2, 0) is 16.1 Å². The van der Waals surface area contributed by atoms with Crippen LogP contribution in [0.3, 0.4) is 0 Å². The first-order valence-electron chi connectivity index (χ1n) is 7.83. The van der Waals surface area contributed by atoms with Gasteiger partial charge in [0, 0.05) is 32.9 Å². The minimum atomic E-state index is 0.479. The Bertz CT molecular complexity index is 615. The van der Waals surface area contributed by atoms with Gasteiger partial charge in [0.15, 0.2) is 0 Å². The molecule has 0 amide bonds. The smallest absolute Gasteiger partial charge is 0.254 e. The number of hydrogen-bond donors (Lipinski definition) is 0. The van der Waals surface area contributed by atoms with Crippen molar-refractivity contribution in [1.29, 1.82) is 0 Å². The van der Waals surface area contributed by atoms with Gasteiger partial charge in [0.05, 0.1) is 18.9 Å². The first kappa shape index (κ1) is 15.2. The molecular formula is C15H23N5O2. The van der Waals surface area contributed by atoms with Crippen molar-refractivity contribution < 1.29 is 9.47 Å². The minimum Gasteiger partial charge on any atom is -0.381 e. The second-order valence-electron chi connectivity index (χ2n) is 5.62. The second kappa shape index (κ2) is 7.02. The number of anilines is 1. The molecule has 1 saturated heterocycles. The van der Waals surface area contributed by atoms with Gasteiger partial charge in [-0.25, -0.2) is 4.98 Å². The quantitative estimate of drug-likeness (QED) is 0.806. The zero-order valence-corrected chi connectivity index (χ0v) is 13.2. The van der Waals surface area contributed by atoms with Crippen molar-refractivity contribution in [3.8, 4) is 0 Å². The molecule has 2 aromatic heterocycles. The second-order valence-corrected chi connectivity index (χ2v) is 5.62. The highest BCUT2D eigenvalue weighted by Crippen LogP contribution is 2.24. The molecule has 0 bridgehead atoms. The van der Waals surface area contributed by atoms with Crippen LogP contribution >= 0.6 is 0 Å². The fourth-order valence-corrected chi connectivity index (χ4v) is 2.98. The largest absolute Gasteiger partial charge is 0.381 e. The maximum Gasteiger partial charge on any atom is 0.254 e. The number of rotatable bonds is 6. The predicted molar refractivity (Wildman–Crippen MR) is 82.9 cm³/mol. The average Bonchev–Trinajstić information content (AvgIpc) is 3.01. The van der Waals surface area contributed by atoms with Gasteiger partial charge in [-0.15, -0.1) is 0 Å². The van der Waals surface area contributed by atoms with Crippen molar-refractivity contribution >= 4 is 11.6 Å². The molecule has 0 saturated carbocycles. The van der Waals surface area contributed by atoms with E-state index in [0.717, 1.165) is 44.2 Å². The van der Waals surface area contributed by atoms with Crippen LogP contribution in [0.15, 0.2) is 12.4 Å². The van der Waals surface area contributed by atoms with Crippen molar-refractivity contribution in [2.75, 3.05) is 38.3 Å². The summed E-state index contributed by atoms with van der Waals surface area (Å²) in [6.45, 7) is 6.12. The molecule has 2 aromatic rings. The van der Waals surface area contributed by atoms with Gasteiger partial charge in [-0.05, 0) is 25.7 Å². The summed E-state index contributed by atoms with van der Waals surface area (Å²) < 4.78 is 12.6. The molecule has 1 aliphatic rings. The van der Waals surface area contributed by atoms with Crippen LogP contribution in [0.4, 0.5) is 5.82 Å². The maximum atomic E-state index is 5.60. The lowest BCUT2D eigenvalue weighted by Gasteiger charge is -2.34. The molecule has 7 heteroatoms. The number of piperidine rings is 1. The van der Waals surface area contributed by atoms with Gasteiger partial charge in [0.25, 0.3) is 5.78 Å². The summed E-state index contributed by atoms with van der Waals surface area (Å²) in [5.41, 5.74) is 0.880. The van der Waals surface area contributed by atoms with E-state index in [0.29, 0.717) is 18.3 Å². The monoisotopic (exact) mass is 305 g/mol. The average molecular weight is 305 g/mol. The number of fused-ring (bicyclic) bond motifs is 1. The summed E-state index contributed by atoms with van der Waals surface area (Å²) in [6.07, 6.45) is 3.92. The van der Waals surface area contributed by atoms with Gasteiger partial charge in [0.2, 0.25) is 0 Å². The van der Waals surface area contributed by atoms with Crippen LogP contribution in [0.25, 0.3) is 5.78 Å². The SMILES string of the molecule is CCOCC1CCCN(c2cc(COC)nc3ncnn23)C1. The molecule has 7 nitrogen and oxygen atoms in total. The van der Waals surface area contributed by atoms with Crippen LogP contribution in [0, 0.1) is 5.92 Å². The molecule has 3 rings (SSSR count). The normalized spacial score (nSPS) is 19.0. The number of methoxy groups -OCH3 is 1. The van der Waals surface area contributed by atoms with E-state index >= 15 is 0 Å². The van der Waals surface area contributed by atoms with E-state index in [-0.39, 0.29) is 0 Å². The lowest BCUT2D eigenvalue weighted by molar-refractivity contribution is 0.104. The highest BCUT2D eigenvalue weighted by atomic mass is 16.5. The molecule has 3 heterocycles. The van der Waals surface area contributed by atoms with Crippen molar-refractivity contribution in [3.63, 3.8) is 0 Å². The highest BCUT2D eigenvalue weighted by molar-refractivity contribution is 5.47. The van der Waals surface area contributed by atoms with Crippen LogP contribution in [0.2, 0.25) is 0 Å². The van der Waals surface area contributed by atoms with Crippen molar-refractivity contribution in [2.24, 2.45) is 5.92 Å². The summed E-state index contributed by atoms with van der Waals surface area (Å²) in [6, 6.07) is 2.05. The molecule has 0 radical (unpaired) electrons. The zero-order chi connectivity index (χ0) is 15.4. The van der Waals surface area contributed by atoms with E-state index in [1.165, 1.54) is 6.42 Å². The summed E-state index contributed by atoms with van der Waals surface area (Å²) in [5.74, 6) is 2.22. The standard InChI is InChI=1S/C15H23N5O2/c1-3-22-9-12-5-4-6-19(8-12)14-7-13(10-21-2)18-15-16-11-17-20(14)15/h7,11-12H,3-6,8-10H2,1-2H3. The summed E-state index contributed by atoms with van der Waals surface area (Å²) >= 11 is 0. The van der Waals surface area contributed by atoms with Crippen LogP contribution < -0.4 is 4.90 Å². The van der Waals surface area contributed by atoms with Crippen LogP contribution in [0.5, 0.6) is 0 Å². The molecule has 1 atom stereocenters. The minimum absolute atomic E-state index is 0.479. The Hall–Kier alpha value is -1.73. The summed E-state index contributed by atoms with van der Waals surface area (Å²) in [4.78, 5) is 11.0. The van der Waals surface area contributed by atoms with Crippen LogP contribution in [0.1, 0.15) is 25.5 Å². The zero-order valence-electron chi connectivity index (χ0n) is 13.2. The third kappa shape index (κ3) is 3.20. The molecule has 120 valence electrons. The summed E-state index contributed by atoms with van der Waals surface area (Å²) in [5, 5.41) is 4.31. The van der Waals surface area contributed by atoms with E-state index in [4.69, 9.17) is 9.47 Å². The van der Waals surface area contributed by atoms with E-state index in [2.05, 4.69) is 20.0 Å². The fourth-order valence-electron chi connectivity index (χ4n) is 2.98. The van der Waals surface area contributed by atoms with Gasteiger partial charge in [-0.1, -0.05) is 0 Å². The van der Waals surface area contributed by atoms with Gasteiger partial charge >= 0.3 is 0 Å². The van der Waals surface area contributed by atoms with E-state index in [1.54, 1.807) is 13.4 Å². The summed E-state index contributed by atoms with van der Waals surface area (Å²) in [7, 11) is 1.67. The van der Waals surface area contributed by atoms with Crippen molar-refractivity contribution in [3.05, 3.63) is 18.1 Å². The molecule has 0 aliphatic carbocycles. The Morgan fingerprint density at radius 3 is 3.14 bits per heavy atom. The number of ether oxygens (including phenoxy) is 2. The fraction of sp³-hybridized carbons (Fsp3) is 0.667. The molecule has 22 heavy (non-hydrogen) atoms. The van der Waals surface area contributed by atoms with E-state index < -0.39 is 0 Å². The topological polar surface area (TPSA) is 64.8 Å². The first-order chi connectivity index (χ1) is 10.8. The number of aromatic nitrogens is 4. The molecular weight excluding hydrogens is 282 g/mol. The lowest BCUT2D eigenvalue weighted by atomic mass is 9.99. The number of hydrogen-bond acceptors (Lipinski definition) is 6. The van der Waals surface area contributed by atoms with Crippen molar-refractivity contribution in [1.82, 2.24) is 19.6 Å². The molecule has 0 aromatic carbocycles. The Morgan fingerprint density at radius 1 is 1.41 bits per heavy atom. The third-order valence-corrected chi connectivity index (χ3v) is 3.98. The van der Waals surface area contributed by atoms with Gasteiger partial charge in [0.1, 0.15) is 12.1 Å². The Labute approximate surface area is 130 Å². The van der Waals surface area contributed by atoms with Crippen molar-refractivity contribution in [2.45, 2.75) is 26.4 Å². The molecule has 1 fully saturated rings. The highest BCUT2D eigenvalue weighted by Gasteiger charge is 2.23. The molecule has 1 aliphatic heterocycles. The Balaban J connectivity index is 1.86. The molecule has 1 unspecified atom stereocenters. The Kier molecular flexibility index (Phi) is 4.84. The van der Waals surface area contributed by atoms with E-state index in [9.17, 15) is 0 Å². The lowest BCUT2D eigenvalue weighted by Crippen LogP contribution is -2.38. The first-order valence-corrected chi connectivity index (χ1v) is 7.83. The van der Waals surface area contributed by atoms with E-state index in [1.807, 2.05) is 17.5 Å².